The Hall–Kier alpha value is -1.20. The monoisotopic (exact) mass is 284 g/mol. The van der Waals surface area contributed by atoms with Gasteiger partial charge in [0.1, 0.15) is 5.65 Å². The lowest BCUT2D eigenvalue weighted by molar-refractivity contribution is -0.136. The zero-order chi connectivity index (χ0) is 13.1. The first-order valence-electron chi connectivity index (χ1n) is 5.51. The summed E-state index contributed by atoms with van der Waals surface area (Å²) in [5, 5.41) is 9.42. The number of carboxylic acids is 1. The molecule has 96 valence electrons. The molecule has 2 heterocycles. The first kappa shape index (κ1) is 13.2. The van der Waals surface area contributed by atoms with Gasteiger partial charge in [-0.05, 0) is 12.1 Å². The second kappa shape index (κ2) is 5.63. The Morgan fingerprint density at radius 2 is 2.33 bits per heavy atom. The molecule has 2 aromatic heterocycles. The van der Waals surface area contributed by atoms with Gasteiger partial charge in [0.05, 0.1) is 17.1 Å². The topological polar surface area (TPSA) is 54.6 Å². The van der Waals surface area contributed by atoms with Gasteiger partial charge in [0.25, 0.3) is 0 Å². The average molecular weight is 285 g/mol. The molecule has 4 nitrogen and oxygen atoms in total. The molecule has 0 aliphatic carbocycles. The quantitative estimate of drug-likeness (QED) is 0.917. The molecule has 2 rings (SSSR count). The van der Waals surface area contributed by atoms with E-state index < -0.39 is 5.97 Å². The first-order valence-corrected chi connectivity index (χ1v) is 6.94. The molecule has 1 N–H and O–H groups in total. The highest BCUT2D eigenvalue weighted by molar-refractivity contribution is 7.99. The van der Waals surface area contributed by atoms with Gasteiger partial charge < -0.3 is 9.51 Å². The second-order valence-electron chi connectivity index (χ2n) is 4.06. The largest absolute Gasteiger partial charge is 0.481 e. The van der Waals surface area contributed by atoms with E-state index in [2.05, 4.69) is 4.98 Å². The van der Waals surface area contributed by atoms with Crippen LogP contribution in [-0.2, 0) is 10.5 Å². The van der Waals surface area contributed by atoms with Crippen LogP contribution < -0.4 is 0 Å². The lowest BCUT2D eigenvalue weighted by atomic mass is 10.3. The Bertz CT molecular complexity index is 570. The van der Waals surface area contributed by atoms with E-state index in [-0.39, 0.29) is 11.7 Å². The van der Waals surface area contributed by atoms with Gasteiger partial charge in [-0.25, -0.2) is 4.98 Å². The van der Waals surface area contributed by atoms with E-state index in [1.165, 1.54) is 0 Å². The fourth-order valence-corrected chi connectivity index (χ4v) is 2.64. The van der Waals surface area contributed by atoms with Crippen molar-refractivity contribution in [3.05, 3.63) is 35.2 Å². The van der Waals surface area contributed by atoms with Crippen molar-refractivity contribution in [2.24, 2.45) is 0 Å². The molecule has 1 unspecified atom stereocenters. The van der Waals surface area contributed by atoms with Crippen molar-refractivity contribution < 1.29 is 9.90 Å². The number of hydrogen-bond acceptors (Lipinski definition) is 3. The van der Waals surface area contributed by atoms with E-state index in [0.717, 1.165) is 11.3 Å². The Labute approximate surface area is 114 Å². The summed E-state index contributed by atoms with van der Waals surface area (Å²) in [6, 6.07) is 3.66. The summed E-state index contributed by atoms with van der Waals surface area (Å²) >= 11 is 7.48. The number of aromatic nitrogens is 2. The minimum Gasteiger partial charge on any atom is -0.481 e. The van der Waals surface area contributed by atoms with Gasteiger partial charge in [0.2, 0.25) is 0 Å². The van der Waals surface area contributed by atoms with E-state index in [1.807, 2.05) is 23.6 Å². The van der Waals surface area contributed by atoms with Crippen molar-refractivity contribution in [2.45, 2.75) is 24.3 Å². The van der Waals surface area contributed by atoms with Crippen molar-refractivity contribution in [2.75, 3.05) is 0 Å². The maximum Gasteiger partial charge on any atom is 0.304 e. The lowest BCUT2D eigenvalue weighted by Gasteiger charge is -2.05. The van der Waals surface area contributed by atoms with Crippen LogP contribution in [0.2, 0.25) is 5.02 Å². The number of carboxylic acid groups (broad SMARTS) is 1. The molecule has 0 saturated carbocycles. The molecule has 0 amide bonds. The lowest BCUT2D eigenvalue weighted by Crippen LogP contribution is -2.05. The molecule has 6 heteroatoms. The van der Waals surface area contributed by atoms with Gasteiger partial charge in [-0.1, -0.05) is 18.5 Å². The van der Waals surface area contributed by atoms with E-state index in [4.69, 9.17) is 16.7 Å². The van der Waals surface area contributed by atoms with Gasteiger partial charge in [0, 0.05) is 23.4 Å². The summed E-state index contributed by atoms with van der Waals surface area (Å²) in [7, 11) is 0. The second-order valence-corrected chi connectivity index (χ2v) is 5.93. The predicted molar refractivity (Wildman–Crippen MR) is 73.2 cm³/mol. The number of aliphatic carboxylic acids is 1. The highest BCUT2D eigenvalue weighted by atomic mass is 35.5. The van der Waals surface area contributed by atoms with Crippen LogP contribution in [0.1, 0.15) is 19.0 Å². The van der Waals surface area contributed by atoms with Crippen LogP contribution in [0.4, 0.5) is 0 Å². The fraction of sp³-hybridized carbons (Fsp3) is 0.333. The molecule has 0 bridgehead atoms. The molecule has 0 saturated heterocycles. The third-order valence-corrected chi connectivity index (χ3v) is 3.86. The number of nitrogens with zero attached hydrogens (tertiary/aromatic N) is 2. The third kappa shape index (κ3) is 3.40. The molecule has 0 aliphatic heterocycles. The van der Waals surface area contributed by atoms with Crippen molar-refractivity contribution in [3.8, 4) is 0 Å². The van der Waals surface area contributed by atoms with Crippen LogP contribution in [0.25, 0.3) is 5.65 Å². The number of fused-ring (bicyclic) bond motifs is 1. The van der Waals surface area contributed by atoms with E-state index >= 15 is 0 Å². The summed E-state index contributed by atoms with van der Waals surface area (Å²) in [5.41, 5.74) is 1.78. The van der Waals surface area contributed by atoms with Crippen LogP contribution in [0.15, 0.2) is 24.5 Å². The maximum atomic E-state index is 10.6. The van der Waals surface area contributed by atoms with Gasteiger partial charge in [0.15, 0.2) is 0 Å². The van der Waals surface area contributed by atoms with Crippen LogP contribution in [0, 0.1) is 0 Å². The Balaban J connectivity index is 2.01. The molecule has 0 fully saturated rings. The first-order chi connectivity index (χ1) is 8.54. The zero-order valence-electron chi connectivity index (χ0n) is 9.84. The van der Waals surface area contributed by atoms with Crippen LogP contribution in [0.3, 0.4) is 0 Å². The fourth-order valence-electron chi connectivity index (χ4n) is 1.62. The van der Waals surface area contributed by atoms with Crippen molar-refractivity contribution in [1.29, 1.82) is 0 Å². The Kier molecular flexibility index (Phi) is 4.14. The number of halogens is 1. The minimum atomic E-state index is -0.767. The number of imidazole rings is 1. The van der Waals surface area contributed by atoms with Crippen LogP contribution >= 0.6 is 23.4 Å². The SMILES string of the molecule is CC(CC(=O)O)SCc1cn2cc(Cl)ccc2n1. The molecule has 0 radical (unpaired) electrons. The molecule has 2 aromatic rings. The zero-order valence-corrected chi connectivity index (χ0v) is 11.4. The summed E-state index contributed by atoms with van der Waals surface area (Å²) in [4.78, 5) is 15.0. The molecule has 1 atom stereocenters. The Morgan fingerprint density at radius 3 is 3.06 bits per heavy atom. The highest BCUT2D eigenvalue weighted by Crippen LogP contribution is 2.20. The summed E-state index contributed by atoms with van der Waals surface area (Å²) < 4.78 is 1.88. The van der Waals surface area contributed by atoms with Gasteiger partial charge in [-0.3, -0.25) is 4.79 Å². The summed E-state index contributed by atoms with van der Waals surface area (Å²) in [6.45, 7) is 1.91. The van der Waals surface area contributed by atoms with Crippen molar-refractivity contribution >= 4 is 35.0 Å². The average Bonchev–Trinajstić information content (AvgIpc) is 2.67. The number of rotatable bonds is 5. The molecule has 18 heavy (non-hydrogen) atoms. The number of carbonyl (C=O) groups is 1. The van der Waals surface area contributed by atoms with Gasteiger partial charge >= 0.3 is 5.97 Å². The standard InChI is InChI=1S/C12H13ClN2O2S/c1-8(4-12(16)17)18-7-10-6-15-5-9(13)2-3-11(15)14-10/h2-3,5-6,8H,4,7H2,1H3,(H,16,17). The highest BCUT2D eigenvalue weighted by Gasteiger charge is 2.09. The van der Waals surface area contributed by atoms with Gasteiger partial charge in [-0.15, -0.1) is 0 Å². The number of pyridine rings is 1. The summed E-state index contributed by atoms with van der Waals surface area (Å²) in [5.74, 6) is -0.0647. The van der Waals surface area contributed by atoms with E-state index in [0.29, 0.717) is 10.8 Å². The van der Waals surface area contributed by atoms with E-state index in [9.17, 15) is 4.79 Å². The number of thioether (sulfide) groups is 1. The molecular weight excluding hydrogens is 272 g/mol. The smallest absolute Gasteiger partial charge is 0.304 e. The molecule has 0 aliphatic rings. The van der Waals surface area contributed by atoms with Crippen molar-refractivity contribution in [3.63, 3.8) is 0 Å². The molecular formula is C12H13ClN2O2S. The van der Waals surface area contributed by atoms with E-state index in [1.54, 1.807) is 24.0 Å². The maximum absolute atomic E-state index is 10.6. The van der Waals surface area contributed by atoms with Gasteiger partial charge in [-0.2, -0.15) is 11.8 Å². The molecule has 0 aromatic carbocycles. The normalized spacial score (nSPS) is 12.8. The number of hydrogen-bond donors (Lipinski definition) is 1. The third-order valence-electron chi connectivity index (χ3n) is 2.44. The van der Waals surface area contributed by atoms with Crippen LogP contribution in [-0.4, -0.2) is 25.7 Å². The predicted octanol–water partition coefficient (Wildman–Crippen LogP) is 3.08. The van der Waals surface area contributed by atoms with Crippen molar-refractivity contribution in [1.82, 2.24) is 9.38 Å². The summed E-state index contributed by atoms with van der Waals surface area (Å²) in [6.07, 6.45) is 3.89. The Morgan fingerprint density at radius 1 is 1.56 bits per heavy atom. The molecule has 0 spiro atoms. The minimum absolute atomic E-state index is 0.0795. The van der Waals surface area contributed by atoms with Crippen LogP contribution in [0.5, 0.6) is 0 Å².